The van der Waals surface area contributed by atoms with E-state index in [9.17, 15) is 4.79 Å². The van der Waals surface area contributed by atoms with Gasteiger partial charge in [0.2, 0.25) is 0 Å². The van der Waals surface area contributed by atoms with E-state index in [2.05, 4.69) is 4.98 Å². The topological polar surface area (TPSA) is 50.2 Å². The molecule has 0 spiro atoms. The molecular weight excluding hydrogens is 202 g/mol. The van der Waals surface area contributed by atoms with Crippen LogP contribution in [0.1, 0.15) is 15.9 Å². The summed E-state index contributed by atoms with van der Waals surface area (Å²) in [5, 5.41) is 9.05. The van der Waals surface area contributed by atoms with Gasteiger partial charge in [-0.05, 0) is 18.6 Å². The van der Waals surface area contributed by atoms with Crippen molar-refractivity contribution in [2.75, 3.05) is 0 Å². The van der Waals surface area contributed by atoms with E-state index in [0.29, 0.717) is 5.56 Å². The van der Waals surface area contributed by atoms with E-state index >= 15 is 0 Å². The average molecular weight is 213 g/mol. The van der Waals surface area contributed by atoms with Crippen LogP contribution >= 0.6 is 0 Å². The van der Waals surface area contributed by atoms with Crippen LogP contribution in [0.3, 0.4) is 0 Å². The number of benzene rings is 1. The van der Waals surface area contributed by atoms with E-state index in [1.165, 1.54) is 12.3 Å². The molecule has 0 radical (unpaired) electrons. The SMILES string of the molecule is Cc1ccc(-c2cnccc2C(=O)O)cc1. The maximum Gasteiger partial charge on any atom is 0.336 e. The maximum atomic E-state index is 11.0. The van der Waals surface area contributed by atoms with Crippen molar-refractivity contribution in [1.82, 2.24) is 4.98 Å². The van der Waals surface area contributed by atoms with Gasteiger partial charge in [-0.2, -0.15) is 0 Å². The number of carbonyl (C=O) groups is 1. The van der Waals surface area contributed by atoms with Gasteiger partial charge in [-0.3, -0.25) is 4.98 Å². The number of carboxylic acid groups (broad SMARTS) is 1. The fourth-order valence-electron chi connectivity index (χ4n) is 1.54. The van der Waals surface area contributed by atoms with Crippen LogP contribution in [0.25, 0.3) is 11.1 Å². The number of hydrogen-bond donors (Lipinski definition) is 1. The zero-order valence-electron chi connectivity index (χ0n) is 8.84. The molecule has 2 aromatic rings. The van der Waals surface area contributed by atoms with Gasteiger partial charge < -0.3 is 5.11 Å². The first-order valence-electron chi connectivity index (χ1n) is 4.93. The summed E-state index contributed by atoms with van der Waals surface area (Å²) in [5.41, 5.74) is 2.94. The molecule has 0 bridgehead atoms. The molecule has 0 saturated carbocycles. The van der Waals surface area contributed by atoms with Crippen molar-refractivity contribution in [3.8, 4) is 11.1 Å². The molecule has 3 nitrogen and oxygen atoms in total. The van der Waals surface area contributed by atoms with Crippen LogP contribution in [0.15, 0.2) is 42.7 Å². The summed E-state index contributed by atoms with van der Waals surface area (Å²) in [6.45, 7) is 1.99. The number of rotatable bonds is 2. The Balaban J connectivity index is 2.55. The van der Waals surface area contributed by atoms with Gasteiger partial charge in [0.25, 0.3) is 0 Å². The summed E-state index contributed by atoms with van der Waals surface area (Å²) in [5.74, 6) is -0.932. The molecule has 80 valence electrons. The lowest BCUT2D eigenvalue weighted by Gasteiger charge is -2.05. The Morgan fingerprint density at radius 2 is 1.88 bits per heavy atom. The fourth-order valence-corrected chi connectivity index (χ4v) is 1.54. The Bertz CT molecular complexity index is 518. The van der Waals surface area contributed by atoms with Gasteiger partial charge in [-0.1, -0.05) is 29.8 Å². The highest BCUT2D eigenvalue weighted by atomic mass is 16.4. The summed E-state index contributed by atoms with van der Waals surface area (Å²) in [6, 6.07) is 9.22. The van der Waals surface area contributed by atoms with Gasteiger partial charge in [0, 0.05) is 18.0 Å². The fraction of sp³-hybridized carbons (Fsp3) is 0.0769. The van der Waals surface area contributed by atoms with E-state index in [1.54, 1.807) is 6.20 Å². The number of nitrogens with zero attached hydrogens (tertiary/aromatic N) is 1. The molecule has 0 saturated heterocycles. The van der Waals surface area contributed by atoms with E-state index in [4.69, 9.17) is 5.11 Å². The molecule has 0 aliphatic heterocycles. The second-order valence-corrected chi connectivity index (χ2v) is 3.59. The van der Waals surface area contributed by atoms with Crippen molar-refractivity contribution < 1.29 is 9.90 Å². The summed E-state index contributed by atoms with van der Waals surface area (Å²) >= 11 is 0. The summed E-state index contributed by atoms with van der Waals surface area (Å²) in [6.07, 6.45) is 3.06. The van der Waals surface area contributed by atoms with Crippen molar-refractivity contribution in [2.45, 2.75) is 6.92 Å². The normalized spacial score (nSPS) is 10.1. The molecule has 2 rings (SSSR count). The number of aromatic carboxylic acids is 1. The standard InChI is InChI=1S/C13H11NO2/c1-9-2-4-10(5-3-9)12-8-14-7-6-11(12)13(15)16/h2-8H,1H3,(H,15,16). The number of aryl methyl sites for hydroxylation is 1. The molecule has 1 aromatic heterocycles. The molecule has 1 N–H and O–H groups in total. The summed E-state index contributed by atoms with van der Waals surface area (Å²) in [7, 11) is 0. The van der Waals surface area contributed by atoms with Gasteiger partial charge in [-0.25, -0.2) is 4.79 Å². The molecule has 1 aromatic carbocycles. The van der Waals surface area contributed by atoms with Crippen molar-refractivity contribution in [3.05, 3.63) is 53.9 Å². The maximum absolute atomic E-state index is 11.0. The van der Waals surface area contributed by atoms with Crippen LogP contribution in [-0.2, 0) is 0 Å². The molecular formula is C13H11NO2. The van der Waals surface area contributed by atoms with Crippen LogP contribution in [-0.4, -0.2) is 16.1 Å². The highest BCUT2D eigenvalue weighted by molar-refractivity contribution is 5.95. The van der Waals surface area contributed by atoms with Gasteiger partial charge in [0.1, 0.15) is 0 Å². The summed E-state index contributed by atoms with van der Waals surface area (Å²) < 4.78 is 0. The van der Waals surface area contributed by atoms with Gasteiger partial charge >= 0.3 is 5.97 Å². The molecule has 0 fully saturated rings. The minimum Gasteiger partial charge on any atom is -0.478 e. The minimum atomic E-state index is -0.932. The summed E-state index contributed by atoms with van der Waals surface area (Å²) in [4.78, 5) is 15.0. The minimum absolute atomic E-state index is 0.277. The smallest absolute Gasteiger partial charge is 0.336 e. The lowest BCUT2D eigenvalue weighted by Crippen LogP contribution is -1.99. The number of pyridine rings is 1. The number of aromatic nitrogens is 1. The predicted octanol–water partition coefficient (Wildman–Crippen LogP) is 2.76. The third kappa shape index (κ3) is 1.93. The third-order valence-electron chi connectivity index (χ3n) is 2.41. The van der Waals surface area contributed by atoms with Gasteiger partial charge in [0.15, 0.2) is 0 Å². The quantitative estimate of drug-likeness (QED) is 0.834. The van der Waals surface area contributed by atoms with Crippen LogP contribution in [0, 0.1) is 6.92 Å². The van der Waals surface area contributed by atoms with Crippen molar-refractivity contribution >= 4 is 5.97 Å². The highest BCUT2D eigenvalue weighted by Gasteiger charge is 2.10. The van der Waals surface area contributed by atoms with Crippen molar-refractivity contribution in [1.29, 1.82) is 0 Å². The monoisotopic (exact) mass is 213 g/mol. The highest BCUT2D eigenvalue weighted by Crippen LogP contribution is 2.22. The molecule has 0 unspecified atom stereocenters. The van der Waals surface area contributed by atoms with Crippen LogP contribution in [0.4, 0.5) is 0 Å². The number of carboxylic acids is 1. The van der Waals surface area contributed by atoms with E-state index in [1.807, 2.05) is 31.2 Å². The average Bonchev–Trinajstić information content (AvgIpc) is 2.30. The third-order valence-corrected chi connectivity index (χ3v) is 2.41. The van der Waals surface area contributed by atoms with E-state index in [0.717, 1.165) is 11.1 Å². The Hall–Kier alpha value is -2.16. The lowest BCUT2D eigenvalue weighted by molar-refractivity contribution is 0.0697. The zero-order valence-corrected chi connectivity index (χ0v) is 8.84. The van der Waals surface area contributed by atoms with Crippen molar-refractivity contribution in [2.24, 2.45) is 0 Å². The molecule has 16 heavy (non-hydrogen) atoms. The molecule has 0 aliphatic rings. The Labute approximate surface area is 93.4 Å². The first-order chi connectivity index (χ1) is 7.68. The molecule has 1 heterocycles. The molecule has 0 atom stereocenters. The number of hydrogen-bond acceptors (Lipinski definition) is 2. The second-order valence-electron chi connectivity index (χ2n) is 3.59. The van der Waals surface area contributed by atoms with Crippen molar-refractivity contribution in [3.63, 3.8) is 0 Å². The zero-order chi connectivity index (χ0) is 11.5. The Morgan fingerprint density at radius 1 is 1.19 bits per heavy atom. The van der Waals surface area contributed by atoms with E-state index in [-0.39, 0.29) is 5.56 Å². The molecule has 0 aliphatic carbocycles. The molecule has 3 heteroatoms. The first kappa shape index (κ1) is 10.4. The van der Waals surface area contributed by atoms with Crippen LogP contribution in [0.5, 0.6) is 0 Å². The van der Waals surface area contributed by atoms with Crippen LogP contribution in [0.2, 0.25) is 0 Å². The predicted molar refractivity (Wildman–Crippen MR) is 61.4 cm³/mol. The Morgan fingerprint density at radius 3 is 2.50 bits per heavy atom. The van der Waals surface area contributed by atoms with Crippen LogP contribution < -0.4 is 0 Å². The van der Waals surface area contributed by atoms with Gasteiger partial charge in [0.05, 0.1) is 5.56 Å². The Kier molecular flexibility index (Phi) is 2.68. The first-order valence-corrected chi connectivity index (χ1v) is 4.93. The largest absolute Gasteiger partial charge is 0.478 e. The molecule has 0 amide bonds. The second kappa shape index (κ2) is 4.14. The lowest BCUT2D eigenvalue weighted by atomic mass is 10.0. The van der Waals surface area contributed by atoms with Gasteiger partial charge in [-0.15, -0.1) is 0 Å². The van der Waals surface area contributed by atoms with E-state index < -0.39 is 5.97 Å².